The fourth-order valence-electron chi connectivity index (χ4n) is 0.955. The fourth-order valence-corrected chi connectivity index (χ4v) is 0.955. The zero-order chi connectivity index (χ0) is 8.53. The van der Waals surface area contributed by atoms with Crippen LogP contribution in [0.15, 0.2) is 11.6 Å². The highest BCUT2D eigenvalue weighted by atomic mass is 16.1. The van der Waals surface area contributed by atoms with E-state index in [4.69, 9.17) is 0 Å². The van der Waals surface area contributed by atoms with Crippen molar-refractivity contribution in [3.8, 4) is 0 Å². The van der Waals surface area contributed by atoms with Crippen LogP contribution < -0.4 is 0 Å². The average Bonchev–Trinajstić information content (AvgIpc) is 2.01. The van der Waals surface area contributed by atoms with Gasteiger partial charge in [-0.3, -0.25) is 0 Å². The first-order valence-electron chi connectivity index (χ1n) is 4.40. The molecule has 0 aliphatic carbocycles. The molecule has 0 aromatic carbocycles. The predicted molar refractivity (Wildman–Crippen MR) is 48.6 cm³/mol. The first-order valence-corrected chi connectivity index (χ1v) is 4.40. The summed E-state index contributed by atoms with van der Waals surface area (Å²) >= 11 is 0. The third-order valence-electron chi connectivity index (χ3n) is 1.70. The molecular weight excluding hydrogens is 136 g/mol. The molecule has 0 amide bonds. The number of hydrogen-bond acceptors (Lipinski definition) is 1. The molecule has 0 aromatic heterocycles. The molecule has 0 aliphatic rings. The summed E-state index contributed by atoms with van der Waals surface area (Å²) in [7, 11) is 0. The van der Waals surface area contributed by atoms with Crippen LogP contribution in [0.5, 0.6) is 0 Å². The molecule has 0 aliphatic heterocycles. The van der Waals surface area contributed by atoms with Crippen molar-refractivity contribution in [2.45, 2.75) is 46.0 Å². The van der Waals surface area contributed by atoms with Crippen LogP contribution in [-0.4, -0.2) is 6.29 Å². The summed E-state index contributed by atoms with van der Waals surface area (Å²) in [5.74, 6) is 0. The maximum atomic E-state index is 9.97. The van der Waals surface area contributed by atoms with Crippen molar-refractivity contribution in [3.05, 3.63) is 11.6 Å². The molecule has 0 fully saturated rings. The summed E-state index contributed by atoms with van der Waals surface area (Å²) in [6, 6.07) is 0. The van der Waals surface area contributed by atoms with E-state index in [-0.39, 0.29) is 0 Å². The van der Waals surface area contributed by atoms with E-state index in [1.54, 1.807) is 0 Å². The van der Waals surface area contributed by atoms with Crippen molar-refractivity contribution < 1.29 is 4.79 Å². The van der Waals surface area contributed by atoms with E-state index in [2.05, 4.69) is 19.9 Å². The molecular formula is C10H18O. The second-order valence-electron chi connectivity index (χ2n) is 2.90. The number of rotatable bonds is 6. The lowest BCUT2D eigenvalue weighted by molar-refractivity contribution is -0.107. The molecule has 0 radical (unpaired) electrons. The molecule has 1 nitrogen and oxygen atoms in total. The van der Waals surface area contributed by atoms with Gasteiger partial charge < -0.3 is 4.79 Å². The number of allylic oxidation sites excluding steroid dienone is 2. The van der Waals surface area contributed by atoms with Gasteiger partial charge in [0.15, 0.2) is 0 Å². The Morgan fingerprint density at radius 3 is 2.64 bits per heavy atom. The normalized spacial score (nSPS) is 11.6. The SMILES string of the molecule is CCCC/C(C)=C/CCC=O. The Balaban J connectivity index is 3.37. The van der Waals surface area contributed by atoms with Crippen LogP contribution in [0.2, 0.25) is 0 Å². The maximum absolute atomic E-state index is 9.97. The highest BCUT2D eigenvalue weighted by Crippen LogP contribution is 2.07. The van der Waals surface area contributed by atoms with Crippen molar-refractivity contribution in [1.29, 1.82) is 0 Å². The van der Waals surface area contributed by atoms with Crippen molar-refractivity contribution in [1.82, 2.24) is 0 Å². The lowest BCUT2D eigenvalue weighted by Gasteiger charge is -1.97. The number of carbonyl (C=O) groups excluding carboxylic acids is 1. The molecule has 0 bridgehead atoms. The summed E-state index contributed by atoms with van der Waals surface area (Å²) < 4.78 is 0. The maximum Gasteiger partial charge on any atom is 0.120 e. The van der Waals surface area contributed by atoms with Crippen molar-refractivity contribution >= 4 is 6.29 Å². The minimum Gasteiger partial charge on any atom is -0.303 e. The molecule has 0 aromatic rings. The molecule has 0 unspecified atom stereocenters. The van der Waals surface area contributed by atoms with Crippen LogP contribution in [0.1, 0.15) is 46.0 Å². The van der Waals surface area contributed by atoms with Crippen LogP contribution in [0.3, 0.4) is 0 Å². The van der Waals surface area contributed by atoms with E-state index < -0.39 is 0 Å². The van der Waals surface area contributed by atoms with Gasteiger partial charge in [-0.25, -0.2) is 0 Å². The van der Waals surface area contributed by atoms with E-state index in [1.807, 2.05) is 0 Å². The van der Waals surface area contributed by atoms with E-state index >= 15 is 0 Å². The summed E-state index contributed by atoms with van der Waals surface area (Å²) in [6.07, 6.45) is 8.44. The molecule has 0 N–H and O–H groups in total. The summed E-state index contributed by atoms with van der Waals surface area (Å²) in [5, 5.41) is 0. The van der Waals surface area contributed by atoms with E-state index in [9.17, 15) is 4.79 Å². The largest absolute Gasteiger partial charge is 0.303 e. The Labute approximate surface area is 69.5 Å². The number of hydrogen-bond donors (Lipinski definition) is 0. The molecule has 0 spiro atoms. The number of unbranched alkanes of at least 4 members (excludes halogenated alkanes) is 2. The molecule has 0 saturated carbocycles. The summed E-state index contributed by atoms with van der Waals surface area (Å²) in [4.78, 5) is 9.97. The van der Waals surface area contributed by atoms with Gasteiger partial charge >= 0.3 is 0 Å². The smallest absolute Gasteiger partial charge is 0.120 e. The van der Waals surface area contributed by atoms with Gasteiger partial charge in [0.05, 0.1) is 0 Å². The molecule has 0 atom stereocenters. The van der Waals surface area contributed by atoms with E-state index in [0.717, 1.165) is 12.7 Å². The Kier molecular flexibility index (Phi) is 7.11. The second kappa shape index (κ2) is 7.52. The zero-order valence-electron chi connectivity index (χ0n) is 7.60. The highest BCUT2D eigenvalue weighted by molar-refractivity contribution is 5.49. The summed E-state index contributed by atoms with van der Waals surface area (Å²) in [6.45, 7) is 4.33. The lowest BCUT2D eigenvalue weighted by Crippen LogP contribution is -1.78. The van der Waals surface area contributed by atoms with Crippen LogP contribution in [0.25, 0.3) is 0 Å². The molecule has 11 heavy (non-hydrogen) atoms. The monoisotopic (exact) mass is 154 g/mol. The Morgan fingerprint density at radius 2 is 2.09 bits per heavy atom. The quantitative estimate of drug-likeness (QED) is 0.326. The topological polar surface area (TPSA) is 17.1 Å². The van der Waals surface area contributed by atoms with Crippen molar-refractivity contribution in [2.24, 2.45) is 0 Å². The molecule has 0 heterocycles. The van der Waals surface area contributed by atoms with Gasteiger partial charge in [0, 0.05) is 6.42 Å². The fraction of sp³-hybridized carbons (Fsp3) is 0.700. The molecule has 1 heteroatoms. The predicted octanol–water partition coefficient (Wildman–Crippen LogP) is 3.10. The standard InChI is InChI=1S/C10H18O/c1-3-4-7-10(2)8-5-6-9-11/h8-9H,3-7H2,1-2H3/b10-8+. The van der Waals surface area contributed by atoms with Gasteiger partial charge in [0.25, 0.3) is 0 Å². The van der Waals surface area contributed by atoms with Gasteiger partial charge in [-0.05, 0) is 26.2 Å². The minimum atomic E-state index is 0.670. The minimum absolute atomic E-state index is 0.670. The van der Waals surface area contributed by atoms with Gasteiger partial charge in [0.2, 0.25) is 0 Å². The first-order chi connectivity index (χ1) is 5.31. The third-order valence-corrected chi connectivity index (χ3v) is 1.70. The zero-order valence-corrected chi connectivity index (χ0v) is 7.60. The van der Waals surface area contributed by atoms with Crippen molar-refractivity contribution in [2.75, 3.05) is 0 Å². The first kappa shape index (κ1) is 10.4. The highest BCUT2D eigenvalue weighted by Gasteiger charge is 1.88. The number of aldehydes is 1. The van der Waals surface area contributed by atoms with Crippen molar-refractivity contribution in [3.63, 3.8) is 0 Å². The molecule has 0 saturated heterocycles. The Hall–Kier alpha value is -0.590. The average molecular weight is 154 g/mol. The van der Waals surface area contributed by atoms with Crippen LogP contribution >= 0.6 is 0 Å². The molecule has 64 valence electrons. The Bertz CT molecular complexity index is 125. The third kappa shape index (κ3) is 7.31. The van der Waals surface area contributed by atoms with E-state index in [0.29, 0.717) is 6.42 Å². The van der Waals surface area contributed by atoms with Gasteiger partial charge in [0.1, 0.15) is 6.29 Å². The number of carbonyl (C=O) groups is 1. The molecule has 0 rings (SSSR count). The van der Waals surface area contributed by atoms with Gasteiger partial charge in [-0.1, -0.05) is 25.0 Å². The van der Waals surface area contributed by atoms with Gasteiger partial charge in [-0.15, -0.1) is 0 Å². The van der Waals surface area contributed by atoms with Crippen LogP contribution in [0.4, 0.5) is 0 Å². The van der Waals surface area contributed by atoms with Gasteiger partial charge in [-0.2, -0.15) is 0 Å². The summed E-state index contributed by atoms with van der Waals surface area (Å²) in [5.41, 5.74) is 1.42. The second-order valence-corrected chi connectivity index (χ2v) is 2.90. The van der Waals surface area contributed by atoms with Crippen LogP contribution in [0, 0.1) is 0 Å². The van der Waals surface area contributed by atoms with E-state index in [1.165, 1.54) is 24.8 Å². The Morgan fingerprint density at radius 1 is 1.36 bits per heavy atom. The lowest BCUT2D eigenvalue weighted by atomic mass is 10.1. The van der Waals surface area contributed by atoms with Crippen LogP contribution in [-0.2, 0) is 4.79 Å².